The number of aromatic amines is 1. The van der Waals surface area contributed by atoms with Gasteiger partial charge in [0.1, 0.15) is 24.6 Å². The highest BCUT2D eigenvalue weighted by Crippen LogP contribution is 2.35. The Morgan fingerprint density at radius 2 is 1.80 bits per heavy atom. The molecule has 8 nitrogen and oxygen atoms in total. The van der Waals surface area contributed by atoms with Crippen molar-refractivity contribution in [3.63, 3.8) is 0 Å². The summed E-state index contributed by atoms with van der Waals surface area (Å²) in [5, 5.41) is 9.90. The zero-order valence-electron chi connectivity index (χ0n) is 13.7. The van der Waals surface area contributed by atoms with Crippen LogP contribution in [0.1, 0.15) is 37.8 Å². The van der Waals surface area contributed by atoms with Crippen LogP contribution in [0.4, 0.5) is 0 Å². The molecule has 0 bridgehead atoms. The van der Waals surface area contributed by atoms with E-state index < -0.39 is 0 Å². The van der Waals surface area contributed by atoms with Crippen molar-refractivity contribution in [3.05, 3.63) is 43.6 Å². The lowest BCUT2D eigenvalue weighted by atomic mass is 9.91. The third-order valence-corrected chi connectivity index (χ3v) is 5.08. The Bertz CT molecular complexity index is 975. The molecule has 0 aromatic carbocycles. The van der Waals surface area contributed by atoms with E-state index in [1.807, 2.05) is 29.5 Å². The van der Waals surface area contributed by atoms with E-state index >= 15 is 0 Å². The Labute approximate surface area is 143 Å². The Kier molecular flexibility index (Phi) is 3.32. The normalized spacial score (nSPS) is 21.0. The van der Waals surface area contributed by atoms with Crippen LogP contribution < -0.4 is 0 Å². The van der Waals surface area contributed by atoms with E-state index in [1.165, 1.54) is 0 Å². The number of nitrogens with one attached hydrogen (secondary N) is 1. The third kappa shape index (κ3) is 2.50. The number of nitrogens with zero attached hydrogens (tertiary/aromatic N) is 7. The highest BCUT2D eigenvalue weighted by Gasteiger charge is 2.24. The zero-order valence-corrected chi connectivity index (χ0v) is 13.7. The predicted octanol–water partition coefficient (Wildman–Crippen LogP) is 2.77. The first-order valence-corrected chi connectivity index (χ1v) is 8.55. The van der Waals surface area contributed by atoms with Gasteiger partial charge in [-0.2, -0.15) is 10.2 Å². The monoisotopic (exact) mass is 334 g/mol. The summed E-state index contributed by atoms with van der Waals surface area (Å²) in [7, 11) is 0. The van der Waals surface area contributed by atoms with Gasteiger partial charge in [-0.1, -0.05) is 0 Å². The minimum atomic E-state index is 0.428. The number of H-pyrrole nitrogens is 1. The Hall–Kier alpha value is -3.03. The average Bonchev–Trinajstić information content (AvgIpc) is 3.42. The molecule has 0 unspecified atom stereocenters. The maximum atomic E-state index is 4.61. The minimum Gasteiger partial charge on any atom is -0.346 e. The van der Waals surface area contributed by atoms with Gasteiger partial charge in [-0.3, -0.25) is 4.68 Å². The summed E-state index contributed by atoms with van der Waals surface area (Å²) >= 11 is 0. The summed E-state index contributed by atoms with van der Waals surface area (Å²) in [6, 6.07) is 2.89. The molecule has 1 saturated carbocycles. The van der Waals surface area contributed by atoms with E-state index in [9.17, 15) is 0 Å². The van der Waals surface area contributed by atoms with Crippen molar-refractivity contribution in [2.45, 2.75) is 37.8 Å². The second kappa shape index (κ2) is 5.80. The minimum absolute atomic E-state index is 0.428. The lowest BCUT2D eigenvalue weighted by molar-refractivity contribution is 0.249. The molecule has 5 rings (SSSR count). The van der Waals surface area contributed by atoms with Gasteiger partial charge in [-0.05, 0) is 31.7 Å². The van der Waals surface area contributed by atoms with Gasteiger partial charge in [-0.15, -0.1) is 0 Å². The molecule has 0 atom stereocenters. The van der Waals surface area contributed by atoms with Crippen molar-refractivity contribution in [1.29, 1.82) is 0 Å². The van der Waals surface area contributed by atoms with Gasteiger partial charge in [0.15, 0.2) is 0 Å². The van der Waals surface area contributed by atoms with Gasteiger partial charge in [0, 0.05) is 23.3 Å². The Balaban J connectivity index is 1.36. The second-order valence-electron chi connectivity index (χ2n) is 6.51. The fourth-order valence-electron chi connectivity index (χ4n) is 3.76. The lowest BCUT2D eigenvalue weighted by Crippen LogP contribution is -2.21. The fraction of sp³-hybridized carbons (Fsp3) is 0.353. The number of rotatable bonds is 3. The van der Waals surface area contributed by atoms with Gasteiger partial charge >= 0.3 is 0 Å². The first-order valence-electron chi connectivity index (χ1n) is 8.55. The van der Waals surface area contributed by atoms with Crippen LogP contribution in [0.3, 0.4) is 0 Å². The molecule has 1 aliphatic rings. The molecule has 25 heavy (non-hydrogen) atoms. The topological polar surface area (TPSA) is 90.1 Å². The summed E-state index contributed by atoms with van der Waals surface area (Å²) in [6.45, 7) is 0. The molecule has 4 aromatic rings. The van der Waals surface area contributed by atoms with E-state index in [2.05, 4.69) is 41.0 Å². The van der Waals surface area contributed by atoms with Crippen LogP contribution in [-0.4, -0.2) is 39.5 Å². The summed E-state index contributed by atoms with van der Waals surface area (Å²) < 4.78 is 4.07. The number of hydrogen-bond donors (Lipinski definition) is 1. The van der Waals surface area contributed by atoms with Crippen molar-refractivity contribution in [3.8, 4) is 11.3 Å². The molecule has 1 fully saturated rings. The van der Waals surface area contributed by atoms with Crippen molar-refractivity contribution in [1.82, 2.24) is 39.5 Å². The van der Waals surface area contributed by atoms with Crippen molar-refractivity contribution >= 4 is 11.0 Å². The molecule has 1 aliphatic carbocycles. The number of hydrogen-bond acceptors (Lipinski definition) is 5. The Morgan fingerprint density at radius 3 is 2.60 bits per heavy atom. The van der Waals surface area contributed by atoms with E-state index in [0.717, 1.165) is 48.0 Å². The molecule has 1 N–H and O–H groups in total. The molecule has 8 heteroatoms. The molecular formula is C17H18N8. The zero-order chi connectivity index (χ0) is 16.6. The quantitative estimate of drug-likeness (QED) is 0.622. The summed E-state index contributed by atoms with van der Waals surface area (Å²) in [6.07, 6.45) is 15.3. The van der Waals surface area contributed by atoms with E-state index in [4.69, 9.17) is 0 Å². The largest absolute Gasteiger partial charge is 0.346 e. The van der Waals surface area contributed by atoms with Crippen LogP contribution >= 0.6 is 0 Å². The maximum Gasteiger partial charge on any atom is 0.141 e. The van der Waals surface area contributed by atoms with E-state index in [1.54, 1.807) is 12.7 Å². The second-order valence-corrected chi connectivity index (χ2v) is 6.51. The van der Waals surface area contributed by atoms with Crippen LogP contribution in [0, 0.1) is 0 Å². The predicted molar refractivity (Wildman–Crippen MR) is 91.7 cm³/mol. The molecule has 0 saturated heterocycles. The van der Waals surface area contributed by atoms with Crippen LogP contribution in [0.15, 0.2) is 43.6 Å². The summed E-state index contributed by atoms with van der Waals surface area (Å²) in [4.78, 5) is 15.9. The summed E-state index contributed by atoms with van der Waals surface area (Å²) in [5.41, 5.74) is 2.81. The van der Waals surface area contributed by atoms with Crippen LogP contribution in [0.5, 0.6) is 0 Å². The molecule has 4 aromatic heterocycles. The summed E-state index contributed by atoms with van der Waals surface area (Å²) in [5.74, 6) is 0. The fourth-order valence-corrected chi connectivity index (χ4v) is 3.76. The van der Waals surface area contributed by atoms with Crippen LogP contribution in [-0.2, 0) is 0 Å². The Morgan fingerprint density at radius 1 is 0.960 bits per heavy atom. The number of aromatic nitrogens is 8. The van der Waals surface area contributed by atoms with Gasteiger partial charge < -0.3 is 4.98 Å². The molecule has 4 heterocycles. The standard InChI is InChI=1S/C17H18N8/c1-3-14(25-11-18-9-23-25)4-2-13(1)24-8-12(7-22-24)16-15-5-6-19-17(15)21-10-20-16/h5-11,13-14H,1-4H2,(H,19,20,21). The first-order chi connectivity index (χ1) is 12.4. The molecule has 0 spiro atoms. The molecule has 0 amide bonds. The first kappa shape index (κ1) is 14.3. The molecule has 0 radical (unpaired) electrons. The van der Waals surface area contributed by atoms with Crippen LogP contribution in [0.25, 0.3) is 22.3 Å². The van der Waals surface area contributed by atoms with Crippen molar-refractivity contribution < 1.29 is 0 Å². The molecule has 126 valence electrons. The lowest BCUT2D eigenvalue weighted by Gasteiger charge is -2.28. The van der Waals surface area contributed by atoms with Crippen molar-refractivity contribution in [2.75, 3.05) is 0 Å². The van der Waals surface area contributed by atoms with Gasteiger partial charge in [-0.25, -0.2) is 19.6 Å². The van der Waals surface area contributed by atoms with E-state index in [-0.39, 0.29) is 0 Å². The number of fused-ring (bicyclic) bond motifs is 1. The maximum absolute atomic E-state index is 4.61. The van der Waals surface area contributed by atoms with Gasteiger partial charge in [0.2, 0.25) is 0 Å². The van der Waals surface area contributed by atoms with Gasteiger partial charge in [0.05, 0.1) is 24.0 Å². The highest BCUT2D eigenvalue weighted by molar-refractivity contribution is 5.89. The smallest absolute Gasteiger partial charge is 0.141 e. The average molecular weight is 334 g/mol. The van der Waals surface area contributed by atoms with Gasteiger partial charge in [0.25, 0.3) is 0 Å². The molecular weight excluding hydrogens is 316 g/mol. The van der Waals surface area contributed by atoms with E-state index in [0.29, 0.717) is 12.1 Å². The third-order valence-electron chi connectivity index (χ3n) is 5.08. The van der Waals surface area contributed by atoms with Crippen LogP contribution in [0.2, 0.25) is 0 Å². The SMILES string of the molecule is c1nc(-c2cnn(C3CCC(n4cncn4)CC3)c2)c2cc[nH]c2n1. The highest BCUT2D eigenvalue weighted by atomic mass is 15.3. The van der Waals surface area contributed by atoms with Crippen molar-refractivity contribution in [2.24, 2.45) is 0 Å². The molecule has 0 aliphatic heterocycles.